The summed E-state index contributed by atoms with van der Waals surface area (Å²) in [5, 5.41) is 2.32. The van der Waals surface area contributed by atoms with E-state index in [1.165, 1.54) is 18.4 Å². The Hall–Kier alpha value is -2.17. The highest BCUT2D eigenvalue weighted by Gasteiger charge is 2.39. The summed E-state index contributed by atoms with van der Waals surface area (Å²) in [6.07, 6.45) is 3.16. The van der Waals surface area contributed by atoms with E-state index in [0.717, 1.165) is 5.56 Å². The van der Waals surface area contributed by atoms with Crippen LogP contribution in [-0.2, 0) is 16.1 Å². The van der Waals surface area contributed by atoms with Gasteiger partial charge < -0.3 is 4.90 Å². The first-order chi connectivity index (χ1) is 10.1. The molecule has 21 heavy (non-hydrogen) atoms. The van der Waals surface area contributed by atoms with E-state index in [4.69, 9.17) is 0 Å². The molecular weight excluding hydrogens is 268 g/mol. The first kappa shape index (κ1) is 12.6. The van der Waals surface area contributed by atoms with Crippen LogP contribution >= 0.6 is 0 Å². The number of piperidine rings is 1. The van der Waals surface area contributed by atoms with E-state index in [-0.39, 0.29) is 17.7 Å². The van der Waals surface area contributed by atoms with Gasteiger partial charge in [-0.3, -0.25) is 19.7 Å². The Morgan fingerprint density at radius 1 is 1.10 bits per heavy atom. The molecule has 3 aliphatic rings. The third-order valence-electron chi connectivity index (χ3n) is 4.60. The molecular formula is C16H16N2O3. The third kappa shape index (κ3) is 2.04. The van der Waals surface area contributed by atoms with Gasteiger partial charge in [-0.1, -0.05) is 12.1 Å². The Bertz CT molecular complexity index is 663. The normalized spacial score (nSPS) is 25.0. The van der Waals surface area contributed by atoms with Gasteiger partial charge in [-0.2, -0.15) is 0 Å². The van der Waals surface area contributed by atoms with Gasteiger partial charge in [0.15, 0.2) is 0 Å². The predicted molar refractivity (Wildman–Crippen MR) is 74.5 cm³/mol. The summed E-state index contributed by atoms with van der Waals surface area (Å²) in [6, 6.07) is 5.50. The van der Waals surface area contributed by atoms with Gasteiger partial charge in [-0.25, -0.2) is 0 Å². The van der Waals surface area contributed by atoms with Crippen molar-refractivity contribution in [2.45, 2.75) is 44.2 Å². The largest absolute Gasteiger partial charge is 0.322 e. The van der Waals surface area contributed by atoms with Crippen LogP contribution < -0.4 is 5.32 Å². The van der Waals surface area contributed by atoms with Crippen LogP contribution in [0.1, 0.15) is 53.1 Å². The summed E-state index contributed by atoms with van der Waals surface area (Å²) in [7, 11) is 0. The summed E-state index contributed by atoms with van der Waals surface area (Å²) in [6.45, 7) is 0.473. The number of fused-ring (bicyclic) bond motifs is 1. The van der Waals surface area contributed by atoms with Gasteiger partial charge in [0, 0.05) is 18.5 Å². The number of nitrogens with one attached hydrogen (secondary N) is 1. The molecule has 2 aliphatic heterocycles. The summed E-state index contributed by atoms with van der Waals surface area (Å²) in [4.78, 5) is 37.3. The zero-order valence-electron chi connectivity index (χ0n) is 11.6. The molecule has 1 aromatic carbocycles. The summed E-state index contributed by atoms with van der Waals surface area (Å²) < 4.78 is 0. The second-order valence-electron chi connectivity index (χ2n) is 6.09. The number of carbonyl (C=O) groups excluding carboxylic acids is 3. The van der Waals surface area contributed by atoms with Crippen molar-refractivity contribution in [3.63, 3.8) is 0 Å². The molecule has 1 aromatic rings. The molecule has 0 spiro atoms. The van der Waals surface area contributed by atoms with Crippen molar-refractivity contribution >= 4 is 17.7 Å². The lowest BCUT2D eigenvalue weighted by Gasteiger charge is -2.29. The fourth-order valence-corrected chi connectivity index (χ4v) is 3.26. The van der Waals surface area contributed by atoms with Gasteiger partial charge in [0.05, 0.1) is 0 Å². The number of nitrogens with zero attached hydrogens (tertiary/aromatic N) is 1. The monoisotopic (exact) mass is 284 g/mol. The molecule has 5 heteroatoms. The second kappa shape index (κ2) is 4.41. The molecule has 5 nitrogen and oxygen atoms in total. The van der Waals surface area contributed by atoms with E-state index in [1.807, 2.05) is 12.1 Å². The summed E-state index contributed by atoms with van der Waals surface area (Å²) in [5.74, 6) is -0.0526. The molecule has 0 radical (unpaired) electrons. The Balaban J connectivity index is 1.60. The number of rotatable bonds is 2. The van der Waals surface area contributed by atoms with E-state index < -0.39 is 6.04 Å². The maximum atomic E-state index is 12.5. The van der Waals surface area contributed by atoms with Gasteiger partial charge in [-0.05, 0) is 42.4 Å². The zero-order chi connectivity index (χ0) is 14.6. The van der Waals surface area contributed by atoms with E-state index in [2.05, 4.69) is 11.4 Å². The van der Waals surface area contributed by atoms with Crippen LogP contribution in [-0.4, -0.2) is 28.7 Å². The summed E-state index contributed by atoms with van der Waals surface area (Å²) >= 11 is 0. The zero-order valence-corrected chi connectivity index (χ0v) is 11.6. The Labute approximate surface area is 122 Å². The van der Waals surface area contributed by atoms with Crippen molar-refractivity contribution in [3.8, 4) is 0 Å². The van der Waals surface area contributed by atoms with E-state index in [0.29, 0.717) is 30.9 Å². The first-order valence-corrected chi connectivity index (χ1v) is 7.41. The van der Waals surface area contributed by atoms with Crippen LogP contribution in [0.15, 0.2) is 18.2 Å². The van der Waals surface area contributed by atoms with Crippen molar-refractivity contribution in [3.05, 3.63) is 34.9 Å². The molecule has 1 saturated heterocycles. The van der Waals surface area contributed by atoms with Gasteiger partial charge in [0.2, 0.25) is 11.8 Å². The Morgan fingerprint density at radius 2 is 1.90 bits per heavy atom. The molecule has 2 fully saturated rings. The van der Waals surface area contributed by atoms with Crippen LogP contribution in [0, 0.1) is 0 Å². The fraction of sp³-hybridized carbons (Fsp3) is 0.438. The number of imide groups is 1. The number of carbonyl (C=O) groups is 3. The second-order valence-corrected chi connectivity index (χ2v) is 6.09. The average molecular weight is 284 g/mol. The molecule has 2 heterocycles. The molecule has 4 rings (SSSR count). The van der Waals surface area contributed by atoms with E-state index in [9.17, 15) is 14.4 Å². The standard InChI is InChI=1S/C16H16N2O3/c19-14-6-5-13(15(20)17-14)18-8-11-7-10(9-1-2-9)3-4-12(11)16(18)21/h3-4,7,9,13H,1-2,5-6,8H2,(H,17,19,20). The molecule has 1 N–H and O–H groups in total. The maximum absolute atomic E-state index is 12.5. The number of hydrogen-bond acceptors (Lipinski definition) is 3. The maximum Gasteiger partial charge on any atom is 0.255 e. The first-order valence-electron chi connectivity index (χ1n) is 7.41. The average Bonchev–Trinajstić information content (AvgIpc) is 3.25. The molecule has 0 aromatic heterocycles. The molecule has 1 aliphatic carbocycles. The minimum absolute atomic E-state index is 0.0955. The van der Waals surface area contributed by atoms with Crippen LogP contribution in [0.25, 0.3) is 0 Å². The van der Waals surface area contributed by atoms with Crippen LogP contribution in [0.3, 0.4) is 0 Å². The van der Waals surface area contributed by atoms with Crippen LogP contribution in [0.2, 0.25) is 0 Å². The fourth-order valence-electron chi connectivity index (χ4n) is 3.26. The molecule has 3 amide bonds. The van der Waals surface area contributed by atoms with Crippen molar-refractivity contribution in [1.82, 2.24) is 10.2 Å². The van der Waals surface area contributed by atoms with Gasteiger partial charge in [0.25, 0.3) is 5.91 Å². The highest BCUT2D eigenvalue weighted by Crippen LogP contribution is 2.41. The topological polar surface area (TPSA) is 66.5 Å². The van der Waals surface area contributed by atoms with E-state index in [1.54, 1.807) is 4.90 Å². The molecule has 108 valence electrons. The van der Waals surface area contributed by atoms with Crippen molar-refractivity contribution in [2.24, 2.45) is 0 Å². The number of hydrogen-bond donors (Lipinski definition) is 1. The lowest BCUT2D eigenvalue weighted by atomic mass is 10.0. The van der Waals surface area contributed by atoms with Gasteiger partial charge >= 0.3 is 0 Å². The Kier molecular flexibility index (Phi) is 2.64. The van der Waals surface area contributed by atoms with Crippen molar-refractivity contribution < 1.29 is 14.4 Å². The molecule has 1 atom stereocenters. The minimum atomic E-state index is -0.521. The van der Waals surface area contributed by atoms with Gasteiger partial charge in [-0.15, -0.1) is 0 Å². The van der Waals surface area contributed by atoms with Gasteiger partial charge in [0.1, 0.15) is 6.04 Å². The molecule has 0 bridgehead atoms. The van der Waals surface area contributed by atoms with Crippen LogP contribution in [0.5, 0.6) is 0 Å². The number of amides is 3. The smallest absolute Gasteiger partial charge is 0.255 e. The molecule has 1 unspecified atom stereocenters. The SMILES string of the molecule is O=C1CCC(N2Cc3cc(C4CC4)ccc3C2=O)C(=O)N1. The third-order valence-corrected chi connectivity index (χ3v) is 4.60. The Morgan fingerprint density at radius 3 is 2.62 bits per heavy atom. The quantitative estimate of drug-likeness (QED) is 0.833. The van der Waals surface area contributed by atoms with Crippen molar-refractivity contribution in [1.29, 1.82) is 0 Å². The minimum Gasteiger partial charge on any atom is -0.322 e. The summed E-state index contributed by atoms with van der Waals surface area (Å²) in [5.41, 5.74) is 3.00. The highest BCUT2D eigenvalue weighted by atomic mass is 16.2. The van der Waals surface area contributed by atoms with Crippen molar-refractivity contribution in [2.75, 3.05) is 0 Å². The lowest BCUT2D eigenvalue weighted by Crippen LogP contribution is -2.52. The van der Waals surface area contributed by atoms with Crippen LogP contribution in [0.4, 0.5) is 0 Å². The lowest BCUT2D eigenvalue weighted by molar-refractivity contribution is -0.136. The molecule has 1 saturated carbocycles. The predicted octanol–water partition coefficient (Wildman–Crippen LogP) is 1.32. The number of benzene rings is 1. The van der Waals surface area contributed by atoms with E-state index >= 15 is 0 Å². The highest BCUT2D eigenvalue weighted by molar-refractivity contribution is 6.05.